The van der Waals surface area contributed by atoms with Gasteiger partial charge in [-0.25, -0.2) is 0 Å². The predicted octanol–water partition coefficient (Wildman–Crippen LogP) is 2.97. The normalized spacial score (nSPS) is 11.5. The highest BCUT2D eigenvalue weighted by molar-refractivity contribution is 5.82. The standard InChI is InChI=1S/C15H19N3O/c1-15(2,14(16)17)7-9-19-12-6-5-11-4-3-8-18-13(11)10-12/h3-6,8,10H,7,9H2,1-2H3,(H3,16,17). The highest BCUT2D eigenvalue weighted by Gasteiger charge is 2.21. The van der Waals surface area contributed by atoms with Gasteiger partial charge in [-0.05, 0) is 24.6 Å². The lowest BCUT2D eigenvalue weighted by Crippen LogP contribution is -2.32. The van der Waals surface area contributed by atoms with Crippen molar-refractivity contribution in [3.63, 3.8) is 0 Å². The van der Waals surface area contributed by atoms with Gasteiger partial charge in [0.2, 0.25) is 0 Å². The van der Waals surface area contributed by atoms with Crippen molar-refractivity contribution in [2.24, 2.45) is 11.1 Å². The fourth-order valence-corrected chi connectivity index (χ4v) is 1.69. The van der Waals surface area contributed by atoms with Gasteiger partial charge in [-0.2, -0.15) is 0 Å². The Morgan fingerprint density at radius 2 is 2.16 bits per heavy atom. The first-order valence-corrected chi connectivity index (χ1v) is 6.31. The predicted molar refractivity (Wildman–Crippen MR) is 77.6 cm³/mol. The zero-order chi connectivity index (χ0) is 13.9. The van der Waals surface area contributed by atoms with Crippen molar-refractivity contribution in [1.82, 2.24) is 4.98 Å². The summed E-state index contributed by atoms with van der Waals surface area (Å²) >= 11 is 0. The molecule has 0 bridgehead atoms. The third-order valence-electron chi connectivity index (χ3n) is 3.30. The maximum Gasteiger partial charge on any atom is 0.121 e. The Bertz CT molecular complexity index is 593. The van der Waals surface area contributed by atoms with Crippen LogP contribution in [0.15, 0.2) is 36.5 Å². The number of nitrogens with one attached hydrogen (secondary N) is 1. The summed E-state index contributed by atoms with van der Waals surface area (Å²) < 4.78 is 5.71. The number of fused-ring (bicyclic) bond motifs is 1. The fraction of sp³-hybridized carbons (Fsp3) is 0.333. The zero-order valence-corrected chi connectivity index (χ0v) is 11.3. The molecule has 0 amide bonds. The second kappa shape index (κ2) is 5.26. The minimum atomic E-state index is -0.324. The van der Waals surface area contributed by atoms with Crippen LogP contribution in [-0.2, 0) is 0 Å². The average Bonchev–Trinajstić information content (AvgIpc) is 2.38. The minimum Gasteiger partial charge on any atom is -0.493 e. The second-order valence-electron chi connectivity index (χ2n) is 5.25. The van der Waals surface area contributed by atoms with Gasteiger partial charge in [0.15, 0.2) is 0 Å². The molecule has 0 spiro atoms. The van der Waals surface area contributed by atoms with Crippen LogP contribution in [0, 0.1) is 10.8 Å². The quantitative estimate of drug-likeness (QED) is 0.639. The number of benzene rings is 1. The van der Waals surface area contributed by atoms with Gasteiger partial charge in [0.25, 0.3) is 0 Å². The third-order valence-corrected chi connectivity index (χ3v) is 3.30. The molecule has 100 valence electrons. The van der Waals surface area contributed by atoms with E-state index in [0.29, 0.717) is 13.0 Å². The molecule has 0 saturated carbocycles. The average molecular weight is 257 g/mol. The van der Waals surface area contributed by atoms with Crippen LogP contribution in [-0.4, -0.2) is 17.4 Å². The van der Waals surface area contributed by atoms with E-state index >= 15 is 0 Å². The largest absolute Gasteiger partial charge is 0.493 e. The number of ether oxygens (including phenoxy) is 1. The van der Waals surface area contributed by atoms with Gasteiger partial charge in [-0.1, -0.05) is 19.9 Å². The Morgan fingerprint density at radius 3 is 2.89 bits per heavy atom. The maximum absolute atomic E-state index is 7.50. The van der Waals surface area contributed by atoms with E-state index in [1.165, 1.54) is 0 Å². The summed E-state index contributed by atoms with van der Waals surface area (Å²) in [5, 5.41) is 8.60. The molecule has 1 heterocycles. The number of pyridine rings is 1. The van der Waals surface area contributed by atoms with E-state index in [4.69, 9.17) is 15.9 Å². The molecule has 2 rings (SSSR count). The number of nitrogens with two attached hydrogens (primary N) is 1. The van der Waals surface area contributed by atoms with E-state index in [1.54, 1.807) is 6.20 Å². The van der Waals surface area contributed by atoms with Crippen LogP contribution in [0.1, 0.15) is 20.3 Å². The molecule has 3 N–H and O–H groups in total. The number of amidine groups is 1. The molecule has 0 aliphatic heterocycles. The van der Waals surface area contributed by atoms with E-state index < -0.39 is 0 Å². The van der Waals surface area contributed by atoms with Gasteiger partial charge < -0.3 is 10.5 Å². The molecular formula is C15H19N3O. The Balaban J connectivity index is 2.00. The van der Waals surface area contributed by atoms with Crippen molar-refractivity contribution in [2.45, 2.75) is 20.3 Å². The van der Waals surface area contributed by atoms with Crippen molar-refractivity contribution in [1.29, 1.82) is 5.41 Å². The molecule has 0 radical (unpaired) electrons. The molecule has 1 aromatic carbocycles. The van der Waals surface area contributed by atoms with E-state index in [1.807, 2.05) is 44.2 Å². The van der Waals surface area contributed by atoms with Crippen LogP contribution in [0.4, 0.5) is 0 Å². The lowest BCUT2D eigenvalue weighted by atomic mass is 9.88. The monoisotopic (exact) mass is 257 g/mol. The first kappa shape index (κ1) is 13.3. The summed E-state index contributed by atoms with van der Waals surface area (Å²) in [4.78, 5) is 4.29. The van der Waals surface area contributed by atoms with Crippen LogP contribution < -0.4 is 10.5 Å². The van der Waals surface area contributed by atoms with Crippen LogP contribution in [0.25, 0.3) is 10.9 Å². The topological polar surface area (TPSA) is 72.0 Å². The molecule has 4 heteroatoms. The van der Waals surface area contributed by atoms with Crippen LogP contribution in [0.5, 0.6) is 5.75 Å². The molecule has 4 nitrogen and oxygen atoms in total. The molecule has 0 fully saturated rings. The summed E-state index contributed by atoms with van der Waals surface area (Å²) in [7, 11) is 0. The highest BCUT2D eigenvalue weighted by atomic mass is 16.5. The number of hydrogen-bond acceptors (Lipinski definition) is 3. The lowest BCUT2D eigenvalue weighted by Gasteiger charge is -2.22. The minimum absolute atomic E-state index is 0.191. The summed E-state index contributed by atoms with van der Waals surface area (Å²) in [5.74, 6) is 0.988. The number of rotatable bonds is 5. The van der Waals surface area contributed by atoms with E-state index in [0.717, 1.165) is 16.7 Å². The first-order chi connectivity index (χ1) is 8.99. The van der Waals surface area contributed by atoms with Crippen molar-refractivity contribution in [2.75, 3.05) is 6.61 Å². The highest BCUT2D eigenvalue weighted by Crippen LogP contribution is 2.22. The molecule has 19 heavy (non-hydrogen) atoms. The lowest BCUT2D eigenvalue weighted by molar-refractivity contribution is 0.269. The first-order valence-electron chi connectivity index (χ1n) is 6.31. The van der Waals surface area contributed by atoms with Gasteiger partial charge in [0.05, 0.1) is 18.0 Å². The van der Waals surface area contributed by atoms with Crippen molar-refractivity contribution in [3.8, 4) is 5.75 Å². The summed E-state index contributed by atoms with van der Waals surface area (Å²) in [5.41, 5.74) is 6.14. The second-order valence-corrected chi connectivity index (χ2v) is 5.25. The van der Waals surface area contributed by atoms with Crippen LogP contribution in [0.3, 0.4) is 0 Å². The van der Waals surface area contributed by atoms with Gasteiger partial charge in [0, 0.05) is 23.1 Å². The zero-order valence-electron chi connectivity index (χ0n) is 11.3. The molecule has 1 aromatic heterocycles. The summed E-state index contributed by atoms with van der Waals surface area (Å²) in [6.45, 7) is 4.42. The SMILES string of the molecule is CC(C)(CCOc1ccc2cccnc2c1)C(=N)N. The fourth-order valence-electron chi connectivity index (χ4n) is 1.69. The van der Waals surface area contributed by atoms with Crippen molar-refractivity contribution < 1.29 is 4.74 Å². The molecular weight excluding hydrogens is 238 g/mol. The molecule has 2 aromatic rings. The Hall–Kier alpha value is -2.10. The van der Waals surface area contributed by atoms with Crippen LogP contribution in [0.2, 0.25) is 0 Å². The van der Waals surface area contributed by atoms with Crippen molar-refractivity contribution in [3.05, 3.63) is 36.5 Å². The summed E-state index contributed by atoms with van der Waals surface area (Å²) in [6, 6.07) is 9.79. The third kappa shape index (κ3) is 3.22. The van der Waals surface area contributed by atoms with Gasteiger partial charge >= 0.3 is 0 Å². The van der Waals surface area contributed by atoms with Crippen molar-refractivity contribution >= 4 is 16.7 Å². The molecule has 0 saturated heterocycles. The molecule has 0 atom stereocenters. The Kier molecular flexibility index (Phi) is 3.69. The molecule has 0 unspecified atom stereocenters. The van der Waals surface area contributed by atoms with Crippen LogP contribution >= 0.6 is 0 Å². The number of nitrogens with zero attached hydrogens (tertiary/aromatic N) is 1. The maximum atomic E-state index is 7.50. The smallest absolute Gasteiger partial charge is 0.121 e. The van der Waals surface area contributed by atoms with Gasteiger partial charge in [-0.15, -0.1) is 0 Å². The summed E-state index contributed by atoms with van der Waals surface area (Å²) in [6.07, 6.45) is 2.48. The van der Waals surface area contributed by atoms with E-state index in [9.17, 15) is 0 Å². The molecule has 0 aliphatic rings. The van der Waals surface area contributed by atoms with Gasteiger partial charge in [-0.3, -0.25) is 10.4 Å². The number of hydrogen-bond donors (Lipinski definition) is 2. The van der Waals surface area contributed by atoms with Gasteiger partial charge in [0.1, 0.15) is 5.75 Å². The number of aromatic nitrogens is 1. The van der Waals surface area contributed by atoms with E-state index in [-0.39, 0.29) is 11.3 Å². The Morgan fingerprint density at radius 1 is 1.37 bits per heavy atom. The van der Waals surface area contributed by atoms with E-state index in [2.05, 4.69) is 4.98 Å². The molecule has 0 aliphatic carbocycles. The Labute approximate surface area is 113 Å².